The van der Waals surface area contributed by atoms with Crippen LogP contribution in [0.3, 0.4) is 0 Å². The Morgan fingerprint density at radius 3 is 2.41 bits per heavy atom. The summed E-state index contributed by atoms with van der Waals surface area (Å²) in [5.74, 6) is -0.499. The summed E-state index contributed by atoms with van der Waals surface area (Å²) >= 11 is 0. The van der Waals surface area contributed by atoms with Crippen molar-refractivity contribution in [2.45, 2.75) is 39.8 Å². The number of carbonyl (C=O) groups excluding carboxylic acids is 2. The van der Waals surface area contributed by atoms with Crippen molar-refractivity contribution in [1.82, 2.24) is 10.2 Å². The van der Waals surface area contributed by atoms with Gasteiger partial charge in [-0.3, -0.25) is 9.59 Å². The van der Waals surface area contributed by atoms with Gasteiger partial charge in [-0.25, -0.2) is 4.39 Å². The number of hydrogen-bond donors (Lipinski definition) is 1. The molecule has 34 heavy (non-hydrogen) atoms. The van der Waals surface area contributed by atoms with Gasteiger partial charge in [-0.1, -0.05) is 60.7 Å². The minimum atomic E-state index is -0.823. The van der Waals surface area contributed by atoms with E-state index in [0.717, 1.165) is 16.7 Å². The summed E-state index contributed by atoms with van der Waals surface area (Å²) in [6.45, 7) is 5.79. The molecule has 0 aliphatic rings. The molecule has 0 unspecified atom stereocenters. The molecule has 0 spiro atoms. The van der Waals surface area contributed by atoms with Gasteiger partial charge >= 0.3 is 0 Å². The second-order valence-electron chi connectivity index (χ2n) is 8.27. The number of nitrogens with zero attached hydrogens (tertiary/aromatic N) is 1. The molecule has 6 heteroatoms. The number of halogens is 1. The quantitative estimate of drug-likeness (QED) is 0.479. The number of amides is 2. The lowest BCUT2D eigenvalue weighted by atomic mass is 10.0. The van der Waals surface area contributed by atoms with Crippen molar-refractivity contribution in [2.75, 3.05) is 13.2 Å². The predicted molar refractivity (Wildman–Crippen MR) is 131 cm³/mol. The van der Waals surface area contributed by atoms with E-state index in [9.17, 15) is 14.0 Å². The van der Waals surface area contributed by atoms with E-state index in [1.165, 1.54) is 11.0 Å². The van der Waals surface area contributed by atoms with Crippen LogP contribution in [0.4, 0.5) is 4.39 Å². The molecule has 1 atom stereocenters. The van der Waals surface area contributed by atoms with Gasteiger partial charge < -0.3 is 15.0 Å². The number of carbonyl (C=O) groups is 2. The van der Waals surface area contributed by atoms with E-state index in [1.54, 1.807) is 18.2 Å². The lowest BCUT2D eigenvalue weighted by molar-refractivity contribution is -0.142. The molecule has 0 saturated carbocycles. The van der Waals surface area contributed by atoms with Gasteiger partial charge in [-0.2, -0.15) is 0 Å². The lowest BCUT2D eigenvalue weighted by Gasteiger charge is -2.31. The molecule has 1 N–H and O–H groups in total. The molecule has 0 radical (unpaired) electrons. The first-order valence-corrected chi connectivity index (χ1v) is 11.4. The van der Waals surface area contributed by atoms with E-state index in [2.05, 4.69) is 5.32 Å². The molecule has 0 heterocycles. The van der Waals surface area contributed by atoms with Crippen LogP contribution in [-0.4, -0.2) is 35.9 Å². The molecule has 0 fully saturated rings. The van der Waals surface area contributed by atoms with E-state index in [-0.39, 0.29) is 19.1 Å². The largest absolute Gasteiger partial charge is 0.483 e. The second kappa shape index (κ2) is 12.0. The van der Waals surface area contributed by atoms with Gasteiger partial charge in [0.2, 0.25) is 5.91 Å². The molecule has 2 amide bonds. The summed E-state index contributed by atoms with van der Waals surface area (Å²) < 4.78 is 20.4. The van der Waals surface area contributed by atoms with Crippen molar-refractivity contribution in [3.63, 3.8) is 0 Å². The summed E-state index contributed by atoms with van der Waals surface area (Å²) in [5, 5.41) is 2.82. The van der Waals surface area contributed by atoms with Gasteiger partial charge in [0.1, 0.15) is 17.6 Å². The third kappa shape index (κ3) is 6.67. The maximum absolute atomic E-state index is 14.5. The van der Waals surface area contributed by atoms with Crippen LogP contribution in [0.5, 0.6) is 5.75 Å². The molecule has 0 bridgehead atoms. The average Bonchev–Trinajstić information content (AvgIpc) is 2.83. The maximum atomic E-state index is 14.5. The standard InChI is InChI=1S/C28H31FN2O3/c1-4-30-28(33)25(17-22-10-6-5-7-11-22)31(18-23-12-8-9-13-24(23)29)27(32)19-34-26-16-20(2)14-15-21(26)3/h5-16,25H,4,17-19H2,1-3H3,(H,30,33)/t25-/m0/s1. The van der Waals surface area contributed by atoms with Crippen LogP contribution in [0.2, 0.25) is 0 Å². The molecule has 3 aromatic carbocycles. The third-order valence-electron chi connectivity index (χ3n) is 5.62. The van der Waals surface area contributed by atoms with Crippen LogP contribution >= 0.6 is 0 Å². The van der Waals surface area contributed by atoms with Crippen molar-refractivity contribution in [2.24, 2.45) is 0 Å². The minimum Gasteiger partial charge on any atom is -0.483 e. The minimum absolute atomic E-state index is 0.0453. The van der Waals surface area contributed by atoms with Crippen LogP contribution in [0, 0.1) is 19.7 Å². The molecular weight excluding hydrogens is 431 g/mol. The van der Waals surface area contributed by atoms with E-state index in [0.29, 0.717) is 24.3 Å². The van der Waals surface area contributed by atoms with Gasteiger partial charge in [0, 0.05) is 25.1 Å². The third-order valence-corrected chi connectivity index (χ3v) is 5.62. The summed E-state index contributed by atoms with van der Waals surface area (Å²) in [4.78, 5) is 28.0. The SMILES string of the molecule is CCNC(=O)[C@H](Cc1ccccc1)N(Cc1ccccc1F)C(=O)COc1cc(C)ccc1C. The van der Waals surface area contributed by atoms with Gasteiger partial charge in [-0.05, 0) is 49.6 Å². The first kappa shape index (κ1) is 25.0. The first-order chi connectivity index (χ1) is 16.4. The summed E-state index contributed by atoms with van der Waals surface area (Å²) in [7, 11) is 0. The van der Waals surface area contributed by atoms with Crippen LogP contribution in [0.25, 0.3) is 0 Å². The summed E-state index contributed by atoms with van der Waals surface area (Å²) in [5.41, 5.74) is 3.16. The highest BCUT2D eigenvalue weighted by molar-refractivity contribution is 5.88. The normalized spacial score (nSPS) is 11.5. The highest BCUT2D eigenvalue weighted by Gasteiger charge is 2.31. The van der Waals surface area contributed by atoms with E-state index >= 15 is 0 Å². The highest BCUT2D eigenvalue weighted by atomic mass is 19.1. The van der Waals surface area contributed by atoms with E-state index in [1.807, 2.05) is 69.3 Å². The Morgan fingerprint density at radius 2 is 1.71 bits per heavy atom. The van der Waals surface area contributed by atoms with E-state index in [4.69, 9.17) is 4.74 Å². The average molecular weight is 463 g/mol. The van der Waals surface area contributed by atoms with Gasteiger partial charge in [-0.15, -0.1) is 0 Å². The monoisotopic (exact) mass is 462 g/mol. The Labute approximate surface area is 200 Å². The number of hydrogen-bond acceptors (Lipinski definition) is 3. The molecule has 3 aromatic rings. The number of ether oxygens (including phenoxy) is 1. The van der Waals surface area contributed by atoms with Crippen molar-refractivity contribution < 1.29 is 18.7 Å². The van der Waals surface area contributed by atoms with Crippen molar-refractivity contribution in [3.8, 4) is 5.75 Å². The summed E-state index contributed by atoms with van der Waals surface area (Å²) in [6.07, 6.45) is 0.302. The zero-order valence-corrected chi connectivity index (χ0v) is 19.9. The topological polar surface area (TPSA) is 58.6 Å². The van der Waals surface area contributed by atoms with Crippen LogP contribution in [0.1, 0.15) is 29.2 Å². The second-order valence-corrected chi connectivity index (χ2v) is 8.27. The zero-order chi connectivity index (χ0) is 24.5. The number of likely N-dealkylation sites (N-methyl/N-ethyl adjacent to an activating group) is 1. The smallest absolute Gasteiger partial charge is 0.261 e. The van der Waals surface area contributed by atoms with Crippen molar-refractivity contribution in [1.29, 1.82) is 0 Å². The Hall–Kier alpha value is -3.67. The highest BCUT2D eigenvalue weighted by Crippen LogP contribution is 2.21. The van der Waals surface area contributed by atoms with Gasteiger partial charge in [0.05, 0.1) is 0 Å². The van der Waals surface area contributed by atoms with Crippen LogP contribution < -0.4 is 10.1 Å². The number of nitrogens with one attached hydrogen (secondary N) is 1. The molecule has 5 nitrogen and oxygen atoms in total. The fourth-order valence-corrected chi connectivity index (χ4v) is 3.74. The fraction of sp³-hybridized carbons (Fsp3) is 0.286. The Morgan fingerprint density at radius 1 is 1.00 bits per heavy atom. The Bertz CT molecular complexity index is 1120. The Balaban J connectivity index is 1.92. The van der Waals surface area contributed by atoms with Crippen molar-refractivity contribution in [3.05, 3.63) is 101 Å². The lowest BCUT2D eigenvalue weighted by Crippen LogP contribution is -2.51. The predicted octanol–water partition coefficient (Wildman–Crippen LogP) is 4.60. The number of rotatable bonds is 10. The molecule has 3 rings (SSSR count). The zero-order valence-electron chi connectivity index (χ0n) is 19.9. The molecular formula is C28H31FN2O3. The number of benzene rings is 3. The first-order valence-electron chi connectivity index (χ1n) is 11.4. The van der Waals surface area contributed by atoms with Crippen LogP contribution in [0.15, 0.2) is 72.8 Å². The molecule has 0 aliphatic heterocycles. The van der Waals surface area contributed by atoms with Gasteiger partial charge in [0.25, 0.3) is 5.91 Å². The van der Waals surface area contributed by atoms with Crippen LogP contribution in [-0.2, 0) is 22.6 Å². The Kier molecular flexibility index (Phi) is 8.79. The van der Waals surface area contributed by atoms with Gasteiger partial charge in [0.15, 0.2) is 6.61 Å². The molecule has 178 valence electrons. The molecule has 0 aromatic heterocycles. The number of aryl methyl sites for hydroxylation is 2. The maximum Gasteiger partial charge on any atom is 0.261 e. The molecule has 0 saturated heterocycles. The summed E-state index contributed by atoms with van der Waals surface area (Å²) in [6, 6.07) is 20.7. The van der Waals surface area contributed by atoms with Crippen molar-refractivity contribution >= 4 is 11.8 Å². The van der Waals surface area contributed by atoms with E-state index < -0.39 is 17.8 Å². The molecule has 0 aliphatic carbocycles. The fourth-order valence-electron chi connectivity index (χ4n) is 3.74.